The van der Waals surface area contributed by atoms with Gasteiger partial charge in [0.15, 0.2) is 11.6 Å². The maximum absolute atomic E-state index is 13.4. The van der Waals surface area contributed by atoms with Gasteiger partial charge in [-0.05, 0) is 52.7 Å². The molecule has 2 aliphatic carbocycles. The molecule has 0 spiro atoms. The summed E-state index contributed by atoms with van der Waals surface area (Å²) < 4.78 is 11.3. The summed E-state index contributed by atoms with van der Waals surface area (Å²) in [6.07, 6.45) is 24.8. The molecule has 48 heavy (non-hydrogen) atoms. The smallest absolute Gasteiger partial charge is 0.169 e. The van der Waals surface area contributed by atoms with Gasteiger partial charge in [0, 0.05) is 61.1 Å². The van der Waals surface area contributed by atoms with Crippen LogP contribution in [0.2, 0.25) is 0 Å². The number of methoxy groups -OCH3 is 2. The number of aliphatic hydroxyl groups is 3. The zero-order chi connectivity index (χ0) is 36.2. The van der Waals surface area contributed by atoms with Gasteiger partial charge < -0.3 is 24.8 Å². The molecule has 1 saturated carbocycles. The van der Waals surface area contributed by atoms with Crippen LogP contribution in [0.1, 0.15) is 81.1 Å². The normalized spacial score (nSPS) is 27.1. The van der Waals surface area contributed by atoms with Crippen LogP contribution in [0.4, 0.5) is 0 Å². The first kappa shape index (κ1) is 40.9. The van der Waals surface area contributed by atoms with Crippen molar-refractivity contribution in [3.8, 4) is 11.8 Å². The molecule has 262 valence electrons. The van der Waals surface area contributed by atoms with E-state index >= 15 is 0 Å². The molecule has 3 unspecified atom stereocenters. The summed E-state index contributed by atoms with van der Waals surface area (Å²) in [7, 11) is 3.15. The Bertz CT molecular complexity index is 1490. The molecule has 0 heterocycles. The first-order chi connectivity index (χ1) is 22.5. The zero-order valence-electron chi connectivity index (χ0n) is 30.8. The van der Waals surface area contributed by atoms with E-state index in [4.69, 9.17) is 9.47 Å². The van der Waals surface area contributed by atoms with Crippen LogP contribution < -0.4 is 0 Å². The summed E-state index contributed by atoms with van der Waals surface area (Å²) in [5, 5.41) is 30.1. The SMILES string of the molecule is COC1(OC)CC(C)(CO)C(C)(C(=O)C=CC(C)=CC=CC(C)=CC=CC=C(C)C=CC=C(C#CC2=C(C)CC(O)CC2(C)C)CO)C1. The summed E-state index contributed by atoms with van der Waals surface area (Å²) in [4.78, 5) is 13.4. The van der Waals surface area contributed by atoms with Gasteiger partial charge in [-0.2, -0.15) is 0 Å². The van der Waals surface area contributed by atoms with E-state index in [1.54, 1.807) is 20.3 Å². The van der Waals surface area contributed by atoms with Gasteiger partial charge in [0.1, 0.15) is 0 Å². The number of ether oxygens (including phenoxy) is 2. The van der Waals surface area contributed by atoms with Crippen molar-refractivity contribution in [2.45, 2.75) is 93.0 Å². The number of carbonyl (C=O) groups excluding carboxylic acids is 1. The van der Waals surface area contributed by atoms with Crippen LogP contribution in [-0.2, 0) is 14.3 Å². The Balaban J connectivity index is 1.98. The van der Waals surface area contributed by atoms with E-state index < -0.39 is 16.6 Å². The lowest BCUT2D eigenvalue weighted by Crippen LogP contribution is -2.41. The van der Waals surface area contributed by atoms with Gasteiger partial charge in [0.25, 0.3) is 0 Å². The Hall–Kier alpha value is -3.31. The minimum absolute atomic E-state index is 0.0568. The molecule has 2 rings (SSSR count). The van der Waals surface area contributed by atoms with E-state index in [1.165, 1.54) is 0 Å². The van der Waals surface area contributed by atoms with Gasteiger partial charge in [0.2, 0.25) is 0 Å². The lowest BCUT2D eigenvalue weighted by atomic mass is 9.66. The second-order valence-electron chi connectivity index (χ2n) is 14.5. The van der Waals surface area contributed by atoms with Gasteiger partial charge >= 0.3 is 0 Å². The van der Waals surface area contributed by atoms with E-state index in [1.807, 2.05) is 108 Å². The van der Waals surface area contributed by atoms with Crippen LogP contribution in [0.3, 0.4) is 0 Å². The van der Waals surface area contributed by atoms with Crippen molar-refractivity contribution >= 4 is 5.78 Å². The molecule has 3 atom stereocenters. The van der Waals surface area contributed by atoms with E-state index in [0.29, 0.717) is 31.3 Å². The van der Waals surface area contributed by atoms with E-state index in [-0.39, 0.29) is 30.5 Å². The first-order valence-corrected chi connectivity index (χ1v) is 16.7. The highest BCUT2D eigenvalue weighted by Gasteiger charge is 2.62. The number of ketones is 1. The minimum atomic E-state index is -0.888. The second-order valence-corrected chi connectivity index (χ2v) is 14.5. The Morgan fingerprint density at radius 3 is 1.90 bits per heavy atom. The average Bonchev–Trinajstić information content (AvgIpc) is 3.28. The molecule has 0 radical (unpaired) electrons. The average molecular weight is 659 g/mol. The molecule has 0 aromatic carbocycles. The minimum Gasteiger partial charge on any atom is -0.396 e. The van der Waals surface area contributed by atoms with Gasteiger partial charge in [-0.25, -0.2) is 0 Å². The zero-order valence-corrected chi connectivity index (χ0v) is 30.8. The third-order valence-electron chi connectivity index (χ3n) is 9.86. The molecule has 0 aromatic rings. The van der Waals surface area contributed by atoms with Crippen LogP contribution in [0.15, 0.2) is 106 Å². The van der Waals surface area contributed by atoms with Crippen molar-refractivity contribution in [2.75, 3.05) is 27.4 Å². The number of allylic oxidation sites excluding steroid dienone is 16. The predicted molar refractivity (Wildman–Crippen MR) is 197 cm³/mol. The van der Waals surface area contributed by atoms with Crippen LogP contribution in [0, 0.1) is 28.1 Å². The summed E-state index contributed by atoms with van der Waals surface area (Å²) in [5.41, 5.74) is 4.19. The molecular weight excluding hydrogens is 600 g/mol. The lowest BCUT2D eigenvalue weighted by molar-refractivity contribution is -0.208. The molecule has 3 N–H and O–H groups in total. The van der Waals surface area contributed by atoms with Gasteiger partial charge in [-0.15, -0.1) is 0 Å². The second kappa shape index (κ2) is 17.9. The highest BCUT2D eigenvalue weighted by atomic mass is 16.7. The van der Waals surface area contributed by atoms with E-state index in [0.717, 1.165) is 27.9 Å². The van der Waals surface area contributed by atoms with Crippen LogP contribution >= 0.6 is 0 Å². The van der Waals surface area contributed by atoms with Crippen molar-refractivity contribution in [3.63, 3.8) is 0 Å². The molecule has 0 aromatic heterocycles. The summed E-state index contributed by atoms with van der Waals surface area (Å²) in [6.45, 7) is 15.7. The number of rotatable bonds is 13. The Morgan fingerprint density at radius 2 is 1.38 bits per heavy atom. The molecule has 6 heteroatoms. The molecule has 0 bridgehead atoms. The van der Waals surface area contributed by atoms with Crippen molar-refractivity contribution in [2.24, 2.45) is 16.2 Å². The molecule has 0 amide bonds. The predicted octanol–water partition coefficient (Wildman–Crippen LogP) is 7.83. The van der Waals surface area contributed by atoms with Crippen LogP contribution in [0.25, 0.3) is 0 Å². The maximum Gasteiger partial charge on any atom is 0.169 e. The molecule has 0 saturated heterocycles. The fraction of sp³-hybridized carbons (Fsp3) is 0.500. The van der Waals surface area contributed by atoms with Crippen molar-refractivity contribution in [1.29, 1.82) is 0 Å². The topological polar surface area (TPSA) is 96.2 Å². The highest BCUT2D eigenvalue weighted by molar-refractivity contribution is 5.96. The number of aliphatic hydroxyl groups excluding tert-OH is 3. The van der Waals surface area contributed by atoms with E-state index in [2.05, 4.69) is 25.7 Å². The largest absolute Gasteiger partial charge is 0.396 e. The Morgan fingerprint density at radius 1 is 0.833 bits per heavy atom. The quantitative estimate of drug-likeness (QED) is 0.0808. The maximum atomic E-state index is 13.4. The highest BCUT2D eigenvalue weighted by Crippen LogP contribution is 2.58. The number of hydrogen-bond donors (Lipinski definition) is 3. The molecule has 6 nitrogen and oxygen atoms in total. The summed E-state index contributed by atoms with van der Waals surface area (Å²) in [6, 6.07) is 0. The van der Waals surface area contributed by atoms with E-state index in [9.17, 15) is 20.1 Å². The number of hydrogen-bond acceptors (Lipinski definition) is 6. The Kier molecular flexibility index (Phi) is 15.2. The molecule has 1 fully saturated rings. The monoisotopic (exact) mass is 658 g/mol. The fourth-order valence-electron chi connectivity index (χ4n) is 6.58. The third kappa shape index (κ3) is 10.9. The summed E-state index contributed by atoms with van der Waals surface area (Å²) in [5.74, 6) is 5.44. The van der Waals surface area contributed by atoms with Gasteiger partial charge in [-0.3, -0.25) is 4.79 Å². The number of carbonyl (C=O) groups is 1. The molecule has 0 aliphatic heterocycles. The van der Waals surface area contributed by atoms with Crippen molar-refractivity contribution < 1.29 is 29.6 Å². The van der Waals surface area contributed by atoms with Crippen LogP contribution in [-0.4, -0.2) is 60.4 Å². The van der Waals surface area contributed by atoms with Gasteiger partial charge in [0.05, 0.1) is 12.7 Å². The van der Waals surface area contributed by atoms with Gasteiger partial charge in [-0.1, -0.05) is 123 Å². The lowest BCUT2D eigenvalue weighted by Gasteiger charge is -2.37. The van der Waals surface area contributed by atoms with Crippen molar-refractivity contribution in [3.05, 3.63) is 106 Å². The van der Waals surface area contributed by atoms with Crippen LogP contribution in [0.5, 0.6) is 0 Å². The molecular formula is C42H58O6. The third-order valence-corrected chi connectivity index (χ3v) is 9.86. The van der Waals surface area contributed by atoms with Crippen molar-refractivity contribution in [1.82, 2.24) is 0 Å². The fourth-order valence-corrected chi connectivity index (χ4v) is 6.58. The molecule has 2 aliphatic rings. The summed E-state index contributed by atoms with van der Waals surface area (Å²) >= 11 is 0. The standard InChI is InChI=1S/C42H58O6/c1-31(17-13-18-33(3)21-24-38(46)41(8)29-42(47-9,48-10)28-40(41,7)30-44)15-11-12-16-32(2)19-14-20-35(27-43)22-23-37-34(4)25-36(45)26-39(37,5)6/h11-21,24,36,43-45H,25-30H2,1-10H3. The first-order valence-electron chi connectivity index (χ1n) is 16.7. The Labute approximate surface area is 289 Å².